The Balaban J connectivity index is 2.11. The first-order valence-corrected chi connectivity index (χ1v) is 9.97. The minimum atomic E-state index is -0.730. The topological polar surface area (TPSA) is 78.9 Å². The number of hydrogen-bond donors (Lipinski definition) is 2. The van der Waals surface area contributed by atoms with Gasteiger partial charge in [-0.05, 0) is 43.2 Å². The molecule has 0 saturated carbocycles. The Morgan fingerprint density at radius 1 is 1.14 bits per heavy atom. The lowest BCUT2D eigenvalue weighted by Crippen LogP contribution is -2.49. The number of rotatable bonds is 10. The van der Waals surface area contributed by atoms with Crippen LogP contribution in [0.2, 0.25) is 10.0 Å². The summed E-state index contributed by atoms with van der Waals surface area (Å²) >= 11 is 12.0. The predicted octanol–water partition coefficient (Wildman–Crippen LogP) is 3.29. The predicted molar refractivity (Wildman–Crippen MR) is 113 cm³/mol. The van der Waals surface area contributed by atoms with Crippen molar-refractivity contribution < 1.29 is 19.4 Å². The van der Waals surface area contributed by atoms with Crippen LogP contribution >= 0.6 is 23.2 Å². The molecule has 2 amide bonds. The number of amides is 2. The fourth-order valence-corrected chi connectivity index (χ4v) is 2.91. The highest BCUT2D eigenvalue weighted by Crippen LogP contribution is 2.23. The Labute approximate surface area is 180 Å². The average molecular weight is 439 g/mol. The summed E-state index contributed by atoms with van der Waals surface area (Å²) < 4.78 is 5.56. The molecule has 156 valence electrons. The van der Waals surface area contributed by atoms with Crippen molar-refractivity contribution in [1.29, 1.82) is 0 Å². The van der Waals surface area contributed by atoms with Gasteiger partial charge >= 0.3 is 0 Å². The van der Waals surface area contributed by atoms with Gasteiger partial charge < -0.3 is 20.1 Å². The van der Waals surface area contributed by atoms with Gasteiger partial charge in [-0.3, -0.25) is 9.59 Å². The van der Waals surface area contributed by atoms with Crippen LogP contribution in [-0.2, 0) is 16.1 Å². The number of aliphatic hydroxyl groups is 1. The second-order valence-corrected chi connectivity index (χ2v) is 7.26. The molecule has 0 saturated heterocycles. The van der Waals surface area contributed by atoms with E-state index in [1.54, 1.807) is 55.5 Å². The standard InChI is InChI=1S/C21H24Cl2N2O4/c1-15(21(28)24-11-4-12-26)25(13-16-7-9-17(22)10-8-16)20(27)14-29-19-6-3-2-5-18(19)23/h2-3,5-10,15,26H,4,11-14H2,1H3,(H,24,28)/t15-/m1/s1. The number of halogens is 2. The molecular weight excluding hydrogens is 415 g/mol. The van der Waals surface area contributed by atoms with Crippen LogP contribution < -0.4 is 10.1 Å². The maximum Gasteiger partial charge on any atom is 0.261 e. The summed E-state index contributed by atoms with van der Waals surface area (Å²) in [5.74, 6) is -0.266. The summed E-state index contributed by atoms with van der Waals surface area (Å²) in [6.45, 7) is 1.92. The molecule has 29 heavy (non-hydrogen) atoms. The number of para-hydroxylation sites is 1. The van der Waals surface area contributed by atoms with E-state index in [1.165, 1.54) is 4.90 Å². The third-order valence-corrected chi connectivity index (χ3v) is 4.82. The molecule has 0 aliphatic carbocycles. The number of carbonyl (C=O) groups is 2. The quantitative estimate of drug-likeness (QED) is 0.557. The highest BCUT2D eigenvalue weighted by Gasteiger charge is 2.26. The molecule has 0 radical (unpaired) electrons. The molecule has 2 N–H and O–H groups in total. The van der Waals surface area contributed by atoms with Crippen molar-refractivity contribution in [2.24, 2.45) is 0 Å². The molecule has 6 nitrogen and oxygen atoms in total. The van der Waals surface area contributed by atoms with Crippen LogP contribution in [0.3, 0.4) is 0 Å². The molecule has 2 aromatic rings. The number of aliphatic hydroxyl groups excluding tert-OH is 1. The lowest BCUT2D eigenvalue weighted by atomic mass is 10.1. The molecular formula is C21H24Cl2N2O4. The van der Waals surface area contributed by atoms with Gasteiger partial charge in [0.05, 0.1) is 5.02 Å². The molecule has 0 fully saturated rings. The highest BCUT2D eigenvalue weighted by molar-refractivity contribution is 6.32. The monoisotopic (exact) mass is 438 g/mol. The largest absolute Gasteiger partial charge is 0.482 e. The van der Waals surface area contributed by atoms with Gasteiger partial charge in [0, 0.05) is 24.7 Å². The van der Waals surface area contributed by atoms with E-state index in [-0.39, 0.29) is 31.6 Å². The molecule has 2 aromatic carbocycles. The van der Waals surface area contributed by atoms with E-state index in [4.69, 9.17) is 33.0 Å². The van der Waals surface area contributed by atoms with Gasteiger partial charge in [0.15, 0.2) is 6.61 Å². The van der Waals surface area contributed by atoms with Crippen LogP contribution in [0.4, 0.5) is 0 Å². The third-order valence-electron chi connectivity index (χ3n) is 4.26. The Bertz CT molecular complexity index is 815. The maximum atomic E-state index is 12.9. The van der Waals surface area contributed by atoms with Crippen molar-refractivity contribution in [3.63, 3.8) is 0 Å². The summed E-state index contributed by atoms with van der Waals surface area (Å²) in [6.07, 6.45) is 0.444. The first kappa shape index (κ1) is 23.0. The molecule has 8 heteroatoms. The summed E-state index contributed by atoms with van der Waals surface area (Å²) in [7, 11) is 0. The van der Waals surface area contributed by atoms with E-state index in [2.05, 4.69) is 5.32 Å². The molecule has 0 heterocycles. The zero-order valence-electron chi connectivity index (χ0n) is 16.1. The molecule has 1 atom stereocenters. The van der Waals surface area contributed by atoms with Gasteiger partial charge in [0.1, 0.15) is 11.8 Å². The van der Waals surface area contributed by atoms with Crippen LogP contribution in [0, 0.1) is 0 Å². The summed E-state index contributed by atoms with van der Waals surface area (Å²) in [6, 6.07) is 13.2. The highest BCUT2D eigenvalue weighted by atomic mass is 35.5. The van der Waals surface area contributed by atoms with Crippen LogP contribution in [-0.4, -0.2) is 47.6 Å². The normalized spacial score (nSPS) is 11.6. The van der Waals surface area contributed by atoms with Crippen molar-refractivity contribution in [1.82, 2.24) is 10.2 Å². The number of hydrogen-bond acceptors (Lipinski definition) is 4. The van der Waals surface area contributed by atoms with E-state index in [1.807, 2.05) is 0 Å². The van der Waals surface area contributed by atoms with Crippen molar-refractivity contribution in [2.45, 2.75) is 25.9 Å². The SMILES string of the molecule is C[C@H](C(=O)NCCCO)N(Cc1ccc(Cl)cc1)C(=O)COc1ccccc1Cl. The molecule has 0 bridgehead atoms. The Kier molecular flexibility index (Phi) is 9.25. The number of ether oxygens (including phenoxy) is 1. The second-order valence-electron chi connectivity index (χ2n) is 6.41. The minimum absolute atomic E-state index is 0.0201. The Morgan fingerprint density at radius 3 is 2.48 bits per heavy atom. The van der Waals surface area contributed by atoms with Crippen LogP contribution in [0.15, 0.2) is 48.5 Å². The minimum Gasteiger partial charge on any atom is -0.482 e. The van der Waals surface area contributed by atoms with Crippen molar-refractivity contribution in [3.8, 4) is 5.75 Å². The van der Waals surface area contributed by atoms with Gasteiger partial charge in [-0.1, -0.05) is 47.5 Å². The lowest BCUT2D eigenvalue weighted by Gasteiger charge is -2.28. The average Bonchev–Trinajstić information content (AvgIpc) is 2.72. The van der Waals surface area contributed by atoms with Crippen molar-refractivity contribution in [3.05, 3.63) is 64.1 Å². The third kappa shape index (κ3) is 7.24. The number of benzene rings is 2. The van der Waals surface area contributed by atoms with E-state index in [9.17, 15) is 9.59 Å². The van der Waals surface area contributed by atoms with Crippen LogP contribution in [0.25, 0.3) is 0 Å². The molecule has 0 aromatic heterocycles. The summed E-state index contributed by atoms with van der Waals surface area (Å²) in [5.41, 5.74) is 0.829. The smallest absolute Gasteiger partial charge is 0.261 e. The lowest BCUT2D eigenvalue weighted by molar-refractivity contribution is -0.142. The van der Waals surface area contributed by atoms with Gasteiger partial charge in [0.2, 0.25) is 5.91 Å². The first-order chi connectivity index (χ1) is 13.9. The second kappa shape index (κ2) is 11.7. The van der Waals surface area contributed by atoms with Gasteiger partial charge in [-0.25, -0.2) is 0 Å². The fourth-order valence-electron chi connectivity index (χ4n) is 2.59. The van der Waals surface area contributed by atoms with E-state index in [0.717, 1.165) is 5.56 Å². The molecule has 0 unspecified atom stereocenters. The number of nitrogens with one attached hydrogen (secondary N) is 1. The Morgan fingerprint density at radius 2 is 1.83 bits per heavy atom. The van der Waals surface area contributed by atoms with Gasteiger partial charge in [-0.15, -0.1) is 0 Å². The maximum absolute atomic E-state index is 12.9. The van der Waals surface area contributed by atoms with Gasteiger partial charge in [0.25, 0.3) is 5.91 Å². The summed E-state index contributed by atoms with van der Waals surface area (Å²) in [4.78, 5) is 26.8. The van der Waals surface area contributed by atoms with E-state index < -0.39 is 6.04 Å². The van der Waals surface area contributed by atoms with Crippen LogP contribution in [0.1, 0.15) is 18.9 Å². The number of nitrogens with zero attached hydrogens (tertiary/aromatic N) is 1. The zero-order valence-corrected chi connectivity index (χ0v) is 17.6. The zero-order chi connectivity index (χ0) is 21.2. The molecule has 0 aliphatic rings. The van der Waals surface area contributed by atoms with E-state index in [0.29, 0.717) is 28.8 Å². The van der Waals surface area contributed by atoms with Gasteiger partial charge in [-0.2, -0.15) is 0 Å². The molecule has 0 spiro atoms. The molecule has 2 rings (SSSR count). The van der Waals surface area contributed by atoms with Crippen molar-refractivity contribution >= 4 is 35.0 Å². The fraction of sp³-hybridized carbons (Fsp3) is 0.333. The number of carbonyl (C=O) groups excluding carboxylic acids is 2. The summed E-state index contributed by atoms with van der Waals surface area (Å²) in [5, 5.41) is 12.6. The van der Waals surface area contributed by atoms with Crippen molar-refractivity contribution in [2.75, 3.05) is 19.8 Å². The Hall–Kier alpha value is -2.28. The molecule has 0 aliphatic heterocycles. The van der Waals surface area contributed by atoms with E-state index >= 15 is 0 Å². The van der Waals surface area contributed by atoms with Crippen LogP contribution in [0.5, 0.6) is 5.75 Å². The first-order valence-electron chi connectivity index (χ1n) is 9.22.